The average Bonchev–Trinajstić information content (AvgIpc) is 3.13. The maximum atomic E-state index is 11.5. The molecule has 1 aromatic rings. The molecule has 4 heteroatoms. The highest BCUT2D eigenvalue weighted by Crippen LogP contribution is 2.43. The number of nitrogens with one attached hydrogen (secondary N) is 1. The molecule has 0 aliphatic heterocycles. The lowest BCUT2D eigenvalue weighted by molar-refractivity contribution is -0.123. The van der Waals surface area contributed by atoms with Gasteiger partial charge in [-0.25, -0.2) is 0 Å². The molecule has 1 aliphatic carbocycles. The van der Waals surface area contributed by atoms with Gasteiger partial charge in [-0.1, -0.05) is 6.92 Å². The van der Waals surface area contributed by atoms with Gasteiger partial charge < -0.3 is 10.1 Å². The maximum absolute atomic E-state index is 11.5. The van der Waals surface area contributed by atoms with Gasteiger partial charge in [0.25, 0.3) is 5.91 Å². The van der Waals surface area contributed by atoms with Gasteiger partial charge in [0.2, 0.25) is 0 Å². The van der Waals surface area contributed by atoms with Gasteiger partial charge in [-0.05, 0) is 42.5 Å². The van der Waals surface area contributed by atoms with Crippen molar-refractivity contribution in [1.82, 2.24) is 5.32 Å². The first-order valence-electron chi connectivity index (χ1n) is 6.01. The van der Waals surface area contributed by atoms with E-state index in [0.717, 1.165) is 6.54 Å². The van der Waals surface area contributed by atoms with Crippen LogP contribution >= 0.6 is 0 Å². The molecule has 1 saturated carbocycles. The molecule has 0 spiro atoms. The summed E-state index contributed by atoms with van der Waals surface area (Å²) in [6.07, 6.45) is 2.37. The van der Waals surface area contributed by atoms with Crippen molar-refractivity contribution >= 4 is 5.91 Å². The van der Waals surface area contributed by atoms with Crippen LogP contribution in [0.15, 0.2) is 24.3 Å². The summed E-state index contributed by atoms with van der Waals surface area (Å²) < 4.78 is 5.33. The van der Waals surface area contributed by atoms with Crippen LogP contribution in [0, 0.1) is 16.7 Å². The van der Waals surface area contributed by atoms with Crippen molar-refractivity contribution in [1.29, 1.82) is 5.26 Å². The number of benzene rings is 1. The SMILES string of the molecule is CC1(CNC(=O)COc2ccc(C#N)cc2)CC1. The van der Waals surface area contributed by atoms with Crippen LogP contribution in [0.25, 0.3) is 0 Å². The van der Waals surface area contributed by atoms with Gasteiger partial charge in [0.15, 0.2) is 6.61 Å². The Bertz CT molecular complexity index is 470. The minimum absolute atomic E-state index is 0.0159. The van der Waals surface area contributed by atoms with E-state index in [4.69, 9.17) is 10.00 Å². The van der Waals surface area contributed by atoms with Gasteiger partial charge in [-0.15, -0.1) is 0 Å². The van der Waals surface area contributed by atoms with Gasteiger partial charge in [-0.3, -0.25) is 4.79 Å². The van der Waals surface area contributed by atoms with E-state index in [2.05, 4.69) is 12.2 Å². The zero-order chi connectivity index (χ0) is 13.0. The molecule has 0 saturated heterocycles. The number of amides is 1. The van der Waals surface area contributed by atoms with Crippen molar-refractivity contribution in [2.75, 3.05) is 13.2 Å². The van der Waals surface area contributed by atoms with E-state index in [1.165, 1.54) is 12.8 Å². The molecule has 1 aromatic carbocycles. The molecule has 0 bridgehead atoms. The minimum atomic E-state index is -0.104. The lowest BCUT2D eigenvalue weighted by Crippen LogP contribution is -2.32. The zero-order valence-corrected chi connectivity index (χ0v) is 10.4. The first-order chi connectivity index (χ1) is 8.61. The minimum Gasteiger partial charge on any atom is -0.484 e. The smallest absolute Gasteiger partial charge is 0.257 e. The molecule has 0 radical (unpaired) electrons. The lowest BCUT2D eigenvalue weighted by Gasteiger charge is -2.10. The molecule has 0 aromatic heterocycles. The largest absolute Gasteiger partial charge is 0.484 e. The average molecular weight is 244 g/mol. The third-order valence-corrected chi connectivity index (χ3v) is 3.17. The third kappa shape index (κ3) is 3.49. The lowest BCUT2D eigenvalue weighted by atomic mass is 10.1. The van der Waals surface area contributed by atoms with Crippen molar-refractivity contribution in [3.05, 3.63) is 29.8 Å². The first-order valence-corrected chi connectivity index (χ1v) is 6.01. The second kappa shape index (κ2) is 5.09. The number of rotatable bonds is 5. The molecule has 0 heterocycles. The number of hydrogen-bond donors (Lipinski definition) is 1. The Labute approximate surface area is 107 Å². The molecule has 2 rings (SSSR count). The summed E-state index contributed by atoms with van der Waals surface area (Å²) in [5.41, 5.74) is 0.887. The molecule has 1 aliphatic rings. The molecule has 0 unspecified atom stereocenters. The number of nitrogens with zero attached hydrogens (tertiary/aromatic N) is 1. The van der Waals surface area contributed by atoms with Crippen molar-refractivity contribution in [2.24, 2.45) is 5.41 Å². The molecule has 1 amide bonds. The van der Waals surface area contributed by atoms with E-state index in [0.29, 0.717) is 16.7 Å². The van der Waals surface area contributed by atoms with Crippen LogP contribution in [-0.4, -0.2) is 19.1 Å². The van der Waals surface area contributed by atoms with Crippen molar-refractivity contribution in [2.45, 2.75) is 19.8 Å². The van der Waals surface area contributed by atoms with Crippen LogP contribution in [0.4, 0.5) is 0 Å². The zero-order valence-electron chi connectivity index (χ0n) is 10.4. The van der Waals surface area contributed by atoms with E-state index in [9.17, 15) is 4.79 Å². The van der Waals surface area contributed by atoms with Gasteiger partial charge in [-0.2, -0.15) is 5.26 Å². The van der Waals surface area contributed by atoms with Gasteiger partial charge >= 0.3 is 0 Å². The molecule has 4 nitrogen and oxygen atoms in total. The van der Waals surface area contributed by atoms with Crippen molar-refractivity contribution in [3.8, 4) is 11.8 Å². The summed E-state index contributed by atoms with van der Waals surface area (Å²) in [6, 6.07) is 8.74. The number of hydrogen-bond acceptors (Lipinski definition) is 3. The molecule has 0 atom stereocenters. The first kappa shape index (κ1) is 12.4. The van der Waals surface area contributed by atoms with Crippen LogP contribution in [0.2, 0.25) is 0 Å². The van der Waals surface area contributed by atoms with Crippen LogP contribution in [0.1, 0.15) is 25.3 Å². The molecule has 18 heavy (non-hydrogen) atoms. The monoisotopic (exact) mass is 244 g/mol. The van der Waals surface area contributed by atoms with E-state index in [1.54, 1.807) is 24.3 Å². The molecule has 1 N–H and O–H groups in total. The Kier molecular flexibility index (Phi) is 3.52. The number of carbonyl (C=O) groups excluding carboxylic acids is 1. The maximum Gasteiger partial charge on any atom is 0.257 e. The molecule has 1 fully saturated rings. The highest BCUT2D eigenvalue weighted by Gasteiger charge is 2.37. The molecular weight excluding hydrogens is 228 g/mol. The fourth-order valence-electron chi connectivity index (χ4n) is 1.53. The van der Waals surface area contributed by atoms with Crippen LogP contribution in [0.3, 0.4) is 0 Å². The quantitative estimate of drug-likeness (QED) is 0.859. The highest BCUT2D eigenvalue weighted by molar-refractivity contribution is 5.77. The fraction of sp³-hybridized carbons (Fsp3) is 0.429. The molecule has 94 valence electrons. The van der Waals surface area contributed by atoms with E-state index < -0.39 is 0 Å². The summed E-state index contributed by atoms with van der Waals surface area (Å²) in [6.45, 7) is 2.90. The van der Waals surface area contributed by atoms with E-state index in [1.807, 2.05) is 6.07 Å². The van der Waals surface area contributed by atoms with Crippen molar-refractivity contribution in [3.63, 3.8) is 0 Å². The summed E-state index contributed by atoms with van der Waals surface area (Å²) in [5, 5.41) is 11.5. The second-order valence-electron chi connectivity index (χ2n) is 5.01. The summed E-state index contributed by atoms with van der Waals surface area (Å²) in [4.78, 5) is 11.5. The summed E-state index contributed by atoms with van der Waals surface area (Å²) in [5.74, 6) is 0.495. The predicted molar refractivity (Wildman–Crippen MR) is 67.0 cm³/mol. The van der Waals surface area contributed by atoms with Crippen LogP contribution in [-0.2, 0) is 4.79 Å². The van der Waals surface area contributed by atoms with Gasteiger partial charge in [0.05, 0.1) is 11.6 Å². The fourth-order valence-corrected chi connectivity index (χ4v) is 1.53. The second-order valence-corrected chi connectivity index (χ2v) is 5.01. The van der Waals surface area contributed by atoms with E-state index >= 15 is 0 Å². The Balaban J connectivity index is 1.73. The van der Waals surface area contributed by atoms with Gasteiger partial charge in [0, 0.05) is 6.54 Å². The van der Waals surface area contributed by atoms with Crippen LogP contribution < -0.4 is 10.1 Å². The molecular formula is C14H16N2O2. The summed E-state index contributed by atoms with van der Waals surface area (Å²) >= 11 is 0. The Morgan fingerprint density at radius 1 is 1.44 bits per heavy atom. The highest BCUT2D eigenvalue weighted by atomic mass is 16.5. The number of nitriles is 1. The van der Waals surface area contributed by atoms with E-state index in [-0.39, 0.29) is 12.5 Å². The van der Waals surface area contributed by atoms with Crippen molar-refractivity contribution < 1.29 is 9.53 Å². The third-order valence-electron chi connectivity index (χ3n) is 3.17. The number of ether oxygens (including phenoxy) is 1. The number of carbonyl (C=O) groups is 1. The van der Waals surface area contributed by atoms with Gasteiger partial charge in [0.1, 0.15) is 5.75 Å². The standard InChI is InChI=1S/C14H16N2O2/c1-14(6-7-14)10-16-13(17)9-18-12-4-2-11(8-15)3-5-12/h2-5H,6-7,9-10H2,1H3,(H,16,17). The Morgan fingerprint density at radius 3 is 2.67 bits per heavy atom. The van der Waals surface area contributed by atoms with Crippen LogP contribution in [0.5, 0.6) is 5.75 Å². The summed E-state index contributed by atoms with van der Waals surface area (Å²) in [7, 11) is 0. The Hall–Kier alpha value is -2.02. The normalized spacial score (nSPS) is 15.6. The topological polar surface area (TPSA) is 62.1 Å². The Morgan fingerprint density at radius 2 is 2.11 bits per heavy atom. The predicted octanol–water partition coefficient (Wildman–Crippen LogP) is 1.85.